The van der Waals surface area contributed by atoms with Crippen LogP contribution in [-0.4, -0.2) is 0 Å². The van der Waals surface area contributed by atoms with Gasteiger partial charge in [-0.05, 0) is 37.1 Å². The van der Waals surface area contributed by atoms with Gasteiger partial charge in [0.1, 0.15) is 0 Å². The predicted octanol–water partition coefficient (Wildman–Crippen LogP) is 3.57. The SMILES string of the molecule is Cc1cc(C(NN)c2ccccc2Cl)sc1C. The van der Waals surface area contributed by atoms with Gasteiger partial charge >= 0.3 is 0 Å². The summed E-state index contributed by atoms with van der Waals surface area (Å²) >= 11 is 7.95. The topological polar surface area (TPSA) is 38.0 Å². The maximum absolute atomic E-state index is 6.20. The molecule has 2 rings (SSSR count). The number of hydrazine groups is 1. The first-order chi connectivity index (χ1) is 8.13. The Morgan fingerprint density at radius 3 is 2.53 bits per heavy atom. The minimum Gasteiger partial charge on any atom is -0.271 e. The van der Waals surface area contributed by atoms with E-state index < -0.39 is 0 Å². The van der Waals surface area contributed by atoms with Crippen molar-refractivity contribution in [2.24, 2.45) is 5.84 Å². The van der Waals surface area contributed by atoms with E-state index in [4.69, 9.17) is 17.4 Å². The first-order valence-electron chi connectivity index (χ1n) is 5.41. The van der Waals surface area contributed by atoms with E-state index in [1.807, 2.05) is 24.3 Å². The summed E-state index contributed by atoms with van der Waals surface area (Å²) in [5.41, 5.74) is 5.14. The number of benzene rings is 1. The smallest absolute Gasteiger partial charge is 0.0817 e. The fraction of sp³-hybridized carbons (Fsp3) is 0.231. The van der Waals surface area contributed by atoms with Gasteiger partial charge in [0.25, 0.3) is 0 Å². The average Bonchev–Trinajstić information content (AvgIpc) is 2.63. The van der Waals surface area contributed by atoms with Crippen molar-refractivity contribution in [1.29, 1.82) is 0 Å². The number of aryl methyl sites for hydroxylation is 2. The zero-order valence-corrected chi connectivity index (χ0v) is 11.4. The lowest BCUT2D eigenvalue weighted by molar-refractivity contribution is 0.646. The number of halogens is 1. The van der Waals surface area contributed by atoms with E-state index in [0.717, 1.165) is 10.6 Å². The lowest BCUT2D eigenvalue weighted by Gasteiger charge is -2.16. The van der Waals surface area contributed by atoms with Crippen LogP contribution in [0, 0.1) is 13.8 Å². The first-order valence-corrected chi connectivity index (χ1v) is 6.60. The van der Waals surface area contributed by atoms with E-state index in [2.05, 4.69) is 25.3 Å². The Hall–Kier alpha value is -0.870. The van der Waals surface area contributed by atoms with Gasteiger partial charge in [-0.2, -0.15) is 0 Å². The molecule has 0 aliphatic carbocycles. The molecule has 1 aromatic heterocycles. The van der Waals surface area contributed by atoms with E-state index in [9.17, 15) is 0 Å². The molecule has 90 valence electrons. The molecule has 1 unspecified atom stereocenters. The second kappa shape index (κ2) is 5.19. The molecule has 17 heavy (non-hydrogen) atoms. The van der Waals surface area contributed by atoms with Crippen LogP contribution in [0.15, 0.2) is 30.3 Å². The lowest BCUT2D eigenvalue weighted by Crippen LogP contribution is -2.28. The summed E-state index contributed by atoms with van der Waals surface area (Å²) in [5.74, 6) is 5.66. The quantitative estimate of drug-likeness (QED) is 0.658. The van der Waals surface area contributed by atoms with E-state index in [-0.39, 0.29) is 6.04 Å². The molecule has 0 saturated heterocycles. The zero-order valence-electron chi connectivity index (χ0n) is 9.83. The van der Waals surface area contributed by atoms with Gasteiger partial charge in [0.05, 0.1) is 6.04 Å². The van der Waals surface area contributed by atoms with Crippen LogP contribution in [0.2, 0.25) is 5.02 Å². The fourth-order valence-electron chi connectivity index (χ4n) is 1.78. The van der Waals surface area contributed by atoms with Crippen LogP contribution in [0.3, 0.4) is 0 Å². The first kappa shape index (κ1) is 12.6. The van der Waals surface area contributed by atoms with E-state index >= 15 is 0 Å². The minimum absolute atomic E-state index is 0.0406. The molecule has 1 atom stereocenters. The molecule has 2 nitrogen and oxygen atoms in total. The number of nitrogens with two attached hydrogens (primary N) is 1. The normalized spacial score (nSPS) is 12.7. The number of hydrogen-bond donors (Lipinski definition) is 2. The van der Waals surface area contributed by atoms with Gasteiger partial charge in [-0.1, -0.05) is 29.8 Å². The van der Waals surface area contributed by atoms with Crippen molar-refractivity contribution in [3.63, 3.8) is 0 Å². The monoisotopic (exact) mass is 266 g/mol. The zero-order chi connectivity index (χ0) is 12.4. The second-order valence-electron chi connectivity index (χ2n) is 4.01. The minimum atomic E-state index is -0.0406. The Morgan fingerprint density at radius 2 is 2.00 bits per heavy atom. The number of nitrogens with one attached hydrogen (secondary N) is 1. The van der Waals surface area contributed by atoms with Crippen LogP contribution >= 0.6 is 22.9 Å². The maximum Gasteiger partial charge on any atom is 0.0817 e. The summed E-state index contributed by atoms with van der Waals surface area (Å²) in [6.45, 7) is 4.22. The van der Waals surface area contributed by atoms with E-state index in [1.165, 1.54) is 15.3 Å². The summed E-state index contributed by atoms with van der Waals surface area (Å²) in [5, 5.41) is 0.735. The van der Waals surface area contributed by atoms with Crippen molar-refractivity contribution in [3.8, 4) is 0 Å². The molecule has 2 aromatic rings. The van der Waals surface area contributed by atoms with Crippen molar-refractivity contribution in [1.82, 2.24) is 5.43 Å². The molecule has 0 saturated carbocycles. The predicted molar refractivity (Wildman–Crippen MR) is 74.4 cm³/mol. The molecule has 3 N–H and O–H groups in total. The Bertz CT molecular complexity index is 502. The van der Waals surface area contributed by atoms with Gasteiger partial charge in [-0.3, -0.25) is 5.84 Å². The van der Waals surface area contributed by atoms with Gasteiger partial charge in [-0.15, -0.1) is 11.3 Å². The highest BCUT2D eigenvalue weighted by atomic mass is 35.5. The standard InChI is InChI=1S/C13H15ClN2S/c1-8-7-12(17-9(8)2)13(16-15)10-5-3-4-6-11(10)14/h3-7,13,16H,15H2,1-2H3. The molecule has 0 spiro atoms. The molecule has 0 radical (unpaired) electrons. The Kier molecular flexibility index (Phi) is 3.84. The molecular weight excluding hydrogens is 252 g/mol. The molecule has 0 bridgehead atoms. The third-order valence-corrected chi connectivity index (χ3v) is 4.41. The largest absolute Gasteiger partial charge is 0.271 e. The molecule has 0 aliphatic rings. The van der Waals surface area contributed by atoms with Crippen molar-refractivity contribution in [2.75, 3.05) is 0 Å². The third-order valence-electron chi connectivity index (χ3n) is 2.85. The highest BCUT2D eigenvalue weighted by Crippen LogP contribution is 2.33. The van der Waals surface area contributed by atoms with Crippen molar-refractivity contribution in [2.45, 2.75) is 19.9 Å². The summed E-state index contributed by atoms with van der Waals surface area (Å²) in [6.07, 6.45) is 0. The van der Waals surface area contributed by atoms with Crippen LogP contribution in [0.1, 0.15) is 26.9 Å². The van der Waals surface area contributed by atoms with Crippen molar-refractivity contribution < 1.29 is 0 Å². The number of thiophene rings is 1. The van der Waals surface area contributed by atoms with Crippen LogP contribution in [-0.2, 0) is 0 Å². The van der Waals surface area contributed by atoms with Crippen LogP contribution < -0.4 is 11.3 Å². The van der Waals surface area contributed by atoms with Crippen LogP contribution in [0.5, 0.6) is 0 Å². The van der Waals surface area contributed by atoms with Crippen molar-refractivity contribution >= 4 is 22.9 Å². The van der Waals surface area contributed by atoms with E-state index in [0.29, 0.717) is 0 Å². The average molecular weight is 267 g/mol. The molecule has 0 fully saturated rings. The summed E-state index contributed by atoms with van der Waals surface area (Å²) in [4.78, 5) is 2.50. The Labute approximate surface area is 110 Å². The second-order valence-corrected chi connectivity index (χ2v) is 5.70. The molecule has 0 amide bonds. The summed E-state index contributed by atoms with van der Waals surface area (Å²) in [6, 6.07) is 9.89. The van der Waals surface area contributed by atoms with Gasteiger partial charge < -0.3 is 0 Å². The fourth-order valence-corrected chi connectivity index (χ4v) is 3.15. The molecular formula is C13H15ClN2S. The van der Waals surface area contributed by atoms with Crippen molar-refractivity contribution in [3.05, 3.63) is 56.2 Å². The number of hydrogen-bond acceptors (Lipinski definition) is 3. The third kappa shape index (κ3) is 2.53. The molecule has 1 heterocycles. The van der Waals surface area contributed by atoms with Crippen LogP contribution in [0.4, 0.5) is 0 Å². The Morgan fingerprint density at radius 1 is 1.29 bits per heavy atom. The summed E-state index contributed by atoms with van der Waals surface area (Å²) in [7, 11) is 0. The highest BCUT2D eigenvalue weighted by Gasteiger charge is 2.17. The molecule has 0 aliphatic heterocycles. The van der Waals surface area contributed by atoms with Gasteiger partial charge in [0, 0.05) is 14.8 Å². The van der Waals surface area contributed by atoms with Gasteiger partial charge in [0.2, 0.25) is 0 Å². The summed E-state index contributed by atoms with van der Waals surface area (Å²) < 4.78 is 0. The maximum atomic E-state index is 6.20. The Balaban J connectivity index is 2.44. The van der Waals surface area contributed by atoms with E-state index in [1.54, 1.807) is 11.3 Å². The van der Waals surface area contributed by atoms with Gasteiger partial charge in [-0.25, -0.2) is 5.43 Å². The highest BCUT2D eigenvalue weighted by molar-refractivity contribution is 7.12. The van der Waals surface area contributed by atoms with Crippen LogP contribution in [0.25, 0.3) is 0 Å². The number of rotatable bonds is 3. The molecule has 4 heteroatoms. The lowest BCUT2D eigenvalue weighted by atomic mass is 10.1. The molecule has 1 aromatic carbocycles. The van der Waals surface area contributed by atoms with Gasteiger partial charge in [0.15, 0.2) is 0 Å².